The lowest BCUT2D eigenvalue weighted by molar-refractivity contribution is 0.174. The quantitative estimate of drug-likeness (QED) is 0.769. The van der Waals surface area contributed by atoms with Gasteiger partial charge in [-0.25, -0.2) is 0 Å². The van der Waals surface area contributed by atoms with Crippen molar-refractivity contribution in [1.82, 2.24) is 10.2 Å². The van der Waals surface area contributed by atoms with Crippen LogP contribution in [-0.4, -0.2) is 37.1 Å². The molecule has 1 aliphatic heterocycles. The van der Waals surface area contributed by atoms with Gasteiger partial charge in [0.15, 0.2) is 0 Å². The van der Waals surface area contributed by atoms with Crippen LogP contribution in [0.4, 0.5) is 0 Å². The first-order valence-corrected chi connectivity index (χ1v) is 7.80. The van der Waals surface area contributed by atoms with Crippen LogP contribution in [0.5, 0.6) is 0 Å². The van der Waals surface area contributed by atoms with Gasteiger partial charge in [0.05, 0.1) is 11.5 Å². The van der Waals surface area contributed by atoms with Crippen LogP contribution in [0.3, 0.4) is 0 Å². The molecule has 0 aliphatic carbocycles. The van der Waals surface area contributed by atoms with Gasteiger partial charge in [-0.1, -0.05) is 13.8 Å². The number of rotatable bonds is 7. The highest BCUT2D eigenvalue weighted by atomic mass is 15.1. The summed E-state index contributed by atoms with van der Waals surface area (Å²) in [4.78, 5) is 2.57. The first-order valence-electron chi connectivity index (χ1n) is 7.80. The highest BCUT2D eigenvalue weighted by molar-refractivity contribution is 4.91. The minimum Gasteiger partial charge on any atom is -0.314 e. The van der Waals surface area contributed by atoms with Gasteiger partial charge in [-0.15, -0.1) is 0 Å². The van der Waals surface area contributed by atoms with E-state index in [2.05, 4.69) is 30.1 Å². The molecule has 0 radical (unpaired) electrons. The van der Waals surface area contributed by atoms with E-state index in [0.29, 0.717) is 6.04 Å². The SMILES string of the molecule is CC(C)NCC1CCN(CCCC(C)(C)C#N)CC1. The highest BCUT2D eigenvalue weighted by Crippen LogP contribution is 2.22. The van der Waals surface area contributed by atoms with Crippen LogP contribution in [0.15, 0.2) is 0 Å². The predicted molar refractivity (Wildman–Crippen MR) is 80.9 cm³/mol. The number of likely N-dealkylation sites (tertiary alicyclic amines) is 1. The van der Waals surface area contributed by atoms with Gasteiger partial charge in [0.25, 0.3) is 0 Å². The second-order valence-corrected chi connectivity index (χ2v) is 6.95. The monoisotopic (exact) mass is 265 g/mol. The molecule has 3 nitrogen and oxygen atoms in total. The number of hydrogen-bond donors (Lipinski definition) is 1. The molecule has 0 bridgehead atoms. The van der Waals surface area contributed by atoms with Crippen LogP contribution in [-0.2, 0) is 0 Å². The molecule has 0 amide bonds. The molecule has 1 fully saturated rings. The van der Waals surface area contributed by atoms with Crippen LogP contribution in [0.25, 0.3) is 0 Å². The molecule has 110 valence electrons. The molecule has 0 unspecified atom stereocenters. The van der Waals surface area contributed by atoms with Crippen LogP contribution >= 0.6 is 0 Å². The molecule has 1 saturated heterocycles. The summed E-state index contributed by atoms with van der Waals surface area (Å²) in [6, 6.07) is 2.99. The van der Waals surface area contributed by atoms with E-state index in [9.17, 15) is 0 Å². The van der Waals surface area contributed by atoms with Crippen LogP contribution in [0.1, 0.15) is 53.4 Å². The van der Waals surface area contributed by atoms with Gasteiger partial charge in [-0.3, -0.25) is 0 Å². The molecule has 1 N–H and O–H groups in total. The predicted octanol–water partition coefficient (Wildman–Crippen LogP) is 3.03. The lowest BCUT2D eigenvalue weighted by Gasteiger charge is -2.32. The molecule has 0 aromatic carbocycles. The zero-order chi connectivity index (χ0) is 14.3. The average Bonchev–Trinajstić information content (AvgIpc) is 2.37. The highest BCUT2D eigenvalue weighted by Gasteiger charge is 2.20. The van der Waals surface area contributed by atoms with Crippen molar-refractivity contribution in [3.63, 3.8) is 0 Å². The van der Waals surface area contributed by atoms with Gasteiger partial charge in [-0.2, -0.15) is 5.26 Å². The van der Waals surface area contributed by atoms with Gasteiger partial charge in [-0.05, 0) is 71.6 Å². The summed E-state index contributed by atoms with van der Waals surface area (Å²) in [5.74, 6) is 0.856. The molecule has 0 saturated carbocycles. The van der Waals surface area contributed by atoms with Crippen molar-refractivity contribution in [2.24, 2.45) is 11.3 Å². The van der Waals surface area contributed by atoms with E-state index in [1.165, 1.54) is 32.5 Å². The normalized spacial score (nSPS) is 18.7. The Hall–Kier alpha value is -0.590. The van der Waals surface area contributed by atoms with Gasteiger partial charge in [0, 0.05) is 6.04 Å². The fourth-order valence-corrected chi connectivity index (χ4v) is 2.62. The van der Waals surface area contributed by atoms with Crippen molar-refractivity contribution in [2.45, 2.75) is 59.4 Å². The van der Waals surface area contributed by atoms with E-state index in [4.69, 9.17) is 5.26 Å². The van der Waals surface area contributed by atoms with Crippen LogP contribution in [0.2, 0.25) is 0 Å². The molecule has 19 heavy (non-hydrogen) atoms. The largest absolute Gasteiger partial charge is 0.314 e. The second kappa shape index (κ2) is 7.87. The Morgan fingerprint density at radius 2 is 1.95 bits per heavy atom. The lowest BCUT2D eigenvalue weighted by atomic mass is 9.89. The molecule has 1 rings (SSSR count). The Bertz CT molecular complexity index is 283. The molecular weight excluding hydrogens is 234 g/mol. The molecule has 0 atom stereocenters. The van der Waals surface area contributed by atoms with Crippen molar-refractivity contribution in [3.05, 3.63) is 0 Å². The third-order valence-electron chi connectivity index (χ3n) is 4.10. The van der Waals surface area contributed by atoms with Crippen LogP contribution in [0, 0.1) is 22.7 Å². The number of piperidine rings is 1. The minimum atomic E-state index is -0.153. The fourth-order valence-electron chi connectivity index (χ4n) is 2.62. The summed E-state index contributed by atoms with van der Waals surface area (Å²) in [6.45, 7) is 13.3. The Kier molecular flexibility index (Phi) is 6.82. The molecule has 1 aliphatic rings. The van der Waals surface area contributed by atoms with E-state index < -0.39 is 0 Å². The second-order valence-electron chi connectivity index (χ2n) is 6.95. The van der Waals surface area contributed by atoms with Crippen molar-refractivity contribution in [1.29, 1.82) is 5.26 Å². The van der Waals surface area contributed by atoms with E-state index in [1.807, 2.05) is 13.8 Å². The maximum Gasteiger partial charge on any atom is 0.0683 e. The lowest BCUT2D eigenvalue weighted by Crippen LogP contribution is -2.39. The Morgan fingerprint density at radius 3 is 2.47 bits per heavy atom. The number of hydrogen-bond acceptors (Lipinski definition) is 3. The van der Waals surface area contributed by atoms with E-state index >= 15 is 0 Å². The molecule has 3 heteroatoms. The standard InChI is InChI=1S/C16H31N3/c1-14(2)18-12-15-6-10-19(11-7-15)9-5-8-16(3,4)13-17/h14-15,18H,5-12H2,1-4H3. The summed E-state index contributed by atoms with van der Waals surface area (Å²) < 4.78 is 0. The number of nitrogens with zero attached hydrogens (tertiary/aromatic N) is 2. The third kappa shape index (κ3) is 6.94. The summed E-state index contributed by atoms with van der Waals surface area (Å²) in [5, 5.41) is 12.5. The molecule has 0 spiro atoms. The van der Waals surface area contributed by atoms with Crippen molar-refractivity contribution in [3.8, 4) is 6.07 Å². The van der Waals surface area contributed by atoms with Crippen molar-refractivity contribution >= 4 is 0 Å². The topological polar surface area (TPSA) is 39.1 Å². The van der Waals surface area contributed by atoms with E-state index in [0.717, 1.165) is 25.3 Å². The summed E-state index contributed by atoms with van der Waals surface area (Å²) in [5.41, 5.74) is -0.153. The summed E-state index contributed by atoms with van der Waals surface area (Å²) in [6.07, 6.45) is 4.80. The molecule has 0 aromatic rings. The van der Waals surface area contributed by atoms with E-state index in [1.54, 1.807) is 0 Å². The Balaban J connectivity index is 2.12. The summed E-state index contributed by atoms with van der Waals surface area (Å²) >= 11 is 0. The Labute approximate surface area is 119 Å². The zero-order valence-electron chi connectivity index (χ0n) is 13.2. The average molecular weight is 265 g/mol. The number of nitrogens with one attached hydrogen (secondary N) is 1. The molecular formula is C16H31N3. The maximum absolute atomic E-state index is 9.00. The first-order chi connectivity index (χ1) is 8.93. The Morgan fingerprint density at radius 1 is 1.32 bits per heavy atom. The van der Waals surface area contributed by atoms with Gasteiger partial charge < -0.3 is 10.2 Å². The maximum atomic E-state index is 9.00. The summed E-state index contributed by atoms with van der Waals surface area (Å²) in [7, 11) is 0. The first kappa shape index (κ1) is 16.5. The van der Waals surface area contributed by atoms with Gasteiger partial charge >= 0.3 is 0 Å². The minimum absolute atomic E-state index is 0.153. The third-order valence-corrected chi connectivity index (χ3v) is 4.10. The fraction of sp³-hybridized carbons (Fsp3) is 0.938. The van der Waals surface area contributed by atoms with Gasteiger partial charge in [0.1, 0.15) is 0 Å². The molecule has 0 aromatic heterocycles. The van der Waals surface area contributed by atoms with Crippen LogP contribution < -0.4 is 5.32 Å². The zero-order valence-corrected chi connectivity index (χ0v) is 13.2. The van der Waals surface area contributed by atoms with Gasteiger partial charge in [0.2, 0.25) is 0 Å². The van der Waals surface area contributed by atoms with Crippen molar-refractivity contribution < 1.29 is 0 Å². The molecule has 1 heterocycles. The van der Waals surface area contributed by atoms with E-state index in [-0.39, 0.29) is 5.41 Å². The van der Waals surface area contributed by atoms with Crippen molar-refractivity contribution in [2.75, 3.05) is 26.2 Å². The number of nitriles is 1. The smallest absolute Gasteiger partial charge is 0.0683 e.